The molecular formula is C16H24N2O3. The van der Waals surface area contributed by atoms with E-state index in [1.54, 1.807) is 0 Å². The monoisotopic (exact) mass is 292 g/mol. The Labute approximate surface area is 125 Å². The highest BCUT2D eigenvalue weighted by Crippen LogP contribution is 2.10. The number of hydrogen-bond donors (Lipinski definition) is 2. The predicted molar refractivity (Wildman–Crippen MR) is 81.3 cm³/mol. The minimum atomic E-state index is -0.795. The minimum Gasteiger partial charge on any atom is -0.481 e. The lowest BCUT2D eigenvalue weighted by molar-refractivity contribution is -0.136. The first-order valence-electron chi connectivity index (χ1n) is 7.52. The minimum absolute atomic E-state index is 0.0708. The number of benzene rings is 1. The first kappa shape index (κ1) is 15.9. The van der Waals surface area contributed by atoms with Gasteiger partial charge in [0.2, 0.25) is 0 Å². The van der Waals surface area contributed by atoms with E-state index < -0.39 is 5.97 Å². The summed E-state index contributed by atoms with van der Waals surface area (Å²) in [7, 11) is 0. The molecule has 0 radical (unpaired) electrons. The number of carboxylic acids is 1. The van der Waals surface area contributed by atoms with E-state index in [4.69, 9.17) is 9.84 Å². The molecule has 0 saturated carbocycles. The summed E-state index contributed by atoms with van der Waals surface area (Å²) < 4.78 is 5.74. The summed E-state index contributed by atoms with van der Waals surface area (Å²) in [6.45, 7) is 7.44. The van der Waals surface area contributed by atoms with Crippen LogP contribution in [-0.4, -0.2) is 54.9 Å². The van der Waals surface area contributed by atoms with Crippen LogP contribution in [0, 0.1) is 0 Å². The van der Waals surface area contributed by atoms with Crippen molar-refractivity contribution in [2.45, 2.75) is 26.0 Å². The average molecular weight is 292 g/mol. The second kappa shape index (κ2) is 8.12. The maximum Gasteiger partial charge on any atom is 0.307 e. The summed E-state index contributed by atoms with van der Waals surface area (Å²) in [6, 6.07) is 7.68. The van der Waals surface area contributed by atoms with Crippen molar-refractivity contribution >= 4 is 5.97 Å². The average Bonchev–Trinajstić information content (AvgIpc) is 2.49. The number of rotatable bonds is 7. The normalized spacial score (nSPS) is 19.6. The molecule has 5 nitrogen and oxygen atoms in total. The molecule has 1 aromatic carbocycles. The predicted octanol–water partition coefficient (Wildman–Crippen LogP) is 1.12. The molecule has 0 spiro atoms. The standard InChI is InChI=1S/C16H24N2O3/c1-2-18-7-8-21-15(12-18)11-17-10-14-6-4-3-5-13(14)9-16(19)20/h3-6,15,17H,2,7-12H2,1H3,(H,19,20). The van der Waals surface area contributed by atoms with E-state index in [1.807, 2.05) is 24.3 Å². The van der Waals surface area contributed by atoms with Gasteiger partial charge in [-0.1, -0.05) is 31.2 Å². The van der Waals surface area contributed by atoms with Gasteiger partial charge in [0, 0.05) is 26.2 Å². The number of morpholine rings is 1. The molecule has 2 N–H and O–H groups in total. The number of carboxylic acid groups (broad SMARTS) is 1. The fourth-order valence-electron chi connectivity index (χ4n) is 2.62. The molecule has 1 fully saturated rings. The van der Waals surface area contributed by atoms with E-state index in [9.17, 15) is 4.79 Å². The molecule has 1 aromatic rings. The van der Waals surface area contributed by atoms with Crippen molar-refractivity contribution in [2.24, 2.45) is 0 Å². The molecule has 116 valence electrons. The fourth-order valence-corrected chi connectivity index (χ4v) is 2.62. The number of nitrogens with zero attached hydrogens (tertiary/aromatic N) is 1. The molecule has 0 aliphatic carbocycles. The molecule has 0 bridgehead atoms. The SMILES string of the molecule is CCN1CCOC(CNCc2ccccc2CC(=O)O)C1. The van der Waals surface area contributed by atoms with Gasteiger partial charge in [-0.15, -0.1) is 0 Å². The van der Waals surface area contributed by atoms with Crippen LogP contribution >= 0.6 is 0 Å². The number of hydrogen-bond acceptors (Lipinski definition) is 4. The van der Waals surface area contributed by atoms with Gasteiger partial charge in [-0.25, -0.2) is 0 Å². The summed E-state index contributed by atoms with van der Waals surface area (Å²) in [6.07, 6.45) is 0.284. The zero-order valence-corrected chi connectivity index (χ0v) is 12.5. The van der Waals surface area contributed by atoms with Crippen molar-refractivity contribution in [3.8, 4) is 0 Å². The third kappa shape index (κ3) is 5.12. The third-order valence-corrected chi connectivity index (χ3v) is 3.82. The Balaban J connectivity index is 1.82. The third-order valence-electron chi connectivity index (χ3n) is 3.82. The molecule has 1 aliphatic rings. The molecule has 21 heavy (non-hydrogen) atoms. The fraction of sp³-hybridized carbons (Fsp3) is 0.562. The smallest absolute Gasteiger partial charge is 0.307 e. The van der Waals surface area contributed by atoms with Crippen molar-refractivity contribution in [3.05, 3.63) is 35.4 Å². The zero-order chi connectivity index (χ0) is 15.1. The van der Waals surface area contributed by atoms with Crippen LogP contribution in [0.2, 0.25) is 0 Å². The van der Waals surface area contributed by atoms with Crippen LogP contribution < -0.4 is 5.32 Å². The van der Waals surface area contributed by atoms with Gasteiger partial charge in [0.25, 0.3) is 0 Å². The van der Waals surface area contributed by atoms with Gasteiger partial charge in [-0.2, -0.15) is 0 Å². The van der Waals surface area contributed by atoms with Crippen molar-refractivity contribution in [2.75, 3.05) is 32.8 Å². The lowest BCUT2D eigenvalue weighted by atomic mass is 10.0. The molecule has 1 heterocycles. The largest absolute Gasteiger partial charge is 0.481 e. The van der Waals surface area contributed by atoms with Crippen LogP contribution in [0.4, 0.5) is 0 Å². The summed E-state index contributed by atoms with van der Waals surface area (Å²) >= 11 is 0. The maximum atomic E-state index is 10.9. The Morgan fingerprint density at radius 1 is 1.43 bits per heavy atom. The summed E-state index contributed by atoms with van der Waals surface area (Å²) in [5, 5.41) is 12.3. The van der Waals surface area contributed by atoms with Crippen LogP contribution in [0.5, 0.6) is 0 Å². The highest BCUT2D eigenvalue weighted by atomic mass is 16.5. The molecule has 0 amide bonds. The highest BCUT2D eigenvalue weighted by Gasteiger charge is 2.18. The van der Waals surface area contributed by atoms with Crippen molar-refractivity contribution in [1.29, 1.82) is 0 Å². The second-order valence-electron chi connectivity index (χ2n) is 5.36. The molecule has 1 unspecified atom stereocenters. The van der Waals surface area contributed by atoms with E-state index in [0.29, 0.717) is 6.54 Å². The first-order chi connectivity index (χ1) is 10.2. The zero-order valence-electron chi connectivity index (χ0n) is 12.5. The Kier molecular flexibility index (Phi) is 6.17. The van der Waals surface area contributed by atoms with Crippen LogP contribution in [0.25, 0.3) is 0 Å². The molecule has 1 aliphatic heterocycles. The van der Waals surface area contributed by atoms with Gasteiger partial charge >= 0.3 is 5.97 Å². The van der Waals surface area contributed by atoms with Gasteiger partial charge in [0.15, 0.2) is 0 Å². The number of ether oxygens (including phenoxy) is 1. The van der Waals surface area contributed by atoms with Gasteiger partial charge < -0.3 is 15.2 Å². The topological polar surface area (TPSA) is 61.8 Å². The van der Waals surface area contributed by atoms with Crippen molar-refractivity contribution in [3.63, 3.8) is 0 Å². The Morgan fingerprint density at radius 3 is 2.90 bits per heavy atom. The number of carbonyl (C=O) groups is 1. The lowest BCUT2D eigenvalue weighted by Crippen LogP contribution is -2.46. The highest BCUT2D eigenvalue weighted by molar-refractivity contribution is 5.70. The van der Waals surface area contributed by atoms with Gasteiger partial charge in [-0.3, -0.25) is 9.69 Å². The molecule has 1 atom stereocenters. The Hall–Kier alpha value is -1.43. The second-order valence-corrected chi connectivity index (χ2v) is 5.36. The van der Waals surface area contributed by atoms with Crippen molar-refractivity contribution < 1.29 is 14.6 Å². The molecule has 0 aromatic heterocycles. The van der Waals surface area contributed by atoms with Crippen LogP contribution in [0.15, 0.2) is 24.3 Å². The number of aliphatic carboxylic acids is 1. The van der Waals surface area contributed by atoms with E-state index >= 15 is 0 Å². The van der Waals surface area contributed by atoms with Crippen molar-refractivity contribution in [1.82, 2.24) is 10.2 Å². The number of likely N-dealkylation sites (N-methyl/N-ethyl adjacent to an activating group) is 1. The maximum absolute atomic E-state index is 10.9. The Bertz CT molecular complexity index is 465. The molecular weight excluding hydrogens is 268 g/mol. The van der Waals surface area contributed by atoms with Crippen LogP contribution in [-0.2, 0) is 22.5 Å². The van der Waals surface area contributed by atoms with E-state index in [2.05, 4.69) is 17.1 Å². The summed E-state index contributed by atoms with van der Waals surface area (Å²) in [4.78, 5) is 13.2. The molecule has 2 rings (SSSR count). The van der Waals surface area contributed by atoms with Gasteiger partial charge in [-0.05, 0) is 17.7 Å². The number of nitrogens with one attached hydrogen (secondary N) is 1. The first-order valence-corrected chi connectivity index (χ1v) is 7.52. The van der Waals surface area contributed by atoms with E-state index in [-0.39, 0.29) is 12.5 Å². The Morgan fingerprint density at radius 2 is 2.19 bits per heavy atom. The quantitative estimate of drug-likeness (QED) is 0.789. The van der Waals surface area contributed by atoms with Crippen LogP contribution in [0.3, 0.4) is 0 Å². The van der Waals surface area contributed by atoms with E-state index in [0.717, 1.165) is 43.9 Å². The molecule has 5 heteroatoms. The lowest BCUT2D eigenvalue weighted by Gasteiger charge is -2.32. The molecule has 1 saturated heterocycles. The van der Waals surface area contributed by atoms with Gasteiger partial charge in [0.1, 0.15) is 0 Å². The van der Waals surface area contributed by atoms with Crippen LogP contribution in [0.1, 0.15) is 18.1 Å². The summed E-state index contributed by atoms with van der Waals surface area (Å²) in [5.74, 6) is -0.795. The van der Waals surface area contributed by atoms with E-state index in [1.165, 1.54) is 0 Å². The summed E-state index contributed by atoms with van der Waals surface area (Å²) in [5.41, 5.74) is 1.92. The van der Waals surface area contributed by atoms with Gasteiger partial charge in [0.05, 0.1) is 19.1 Å².